The van der Waals surface area contributed by atoms with Crippen molar-refractivity contribution in [3.05, 3.63) is 0 Å². The van der Waals surface area contributed by atoms with Gasteiger partial charge in [0.1, 0.15) is 0 Å². The first-order valence-electron chi connectivity index (χ1n) is 6.56. The Kier molecular flexibility index (Phi) is 6.24. The van der Waals surface area contributed by atoms with Gasteiger partial charge in [-0.2, -0.15) is 4.31 Å². The summed E-state index contributed by atoms with van der Waals surface area (Å²) in [4.78, 5) is 0. The first kappa shape index (κ1) is 15.3. The van der Waals surface area contributed by atoms with Gasteiger partial charge in [-0.15, -0.1) is 11.6 Å². The van der Waals surface area contributed by atoms with Crippen molar-refractivity contribution in [3.8, 4) is 0 Å². The van der Waals surface area contributed by atoms with E-state index in [4.69, 9.17) is 11.6 Å². The molecule has 1 fully saturated rings. The molecule has 3 nitrogen and oxygen atoms in total. The van der Waals surface area contributed by atoms with E-state index < -0.39 is 10.0 Å². The summed E-state index contributed by atoms with van der Waals surface area (Å²) >= 11 is 5.71. The van der Waals surface area contributed by atoms with E-state index in [0.29, 0.717) is 12.4 Å². The zero-order chi connectivity index (χ0) is 12.9. The highest BCUT2D eigenvalue weighted by Crippen LogP contribution is 2.25. The maximum atomic E-state index is 12.3. The molecule has 0 aromatic carbocycles. The van der Waals surface area contributed by atoms with E-state index in [2.05, 4.69) is 0 Å². The third-order valence-corrected chi connectivity index (χ3v) is 6.20. The highest BCUT2D eigenvalue weighted by molar-refractivity contribution is 7.89. The van der Waals surface area contributed by atoms with Gasteiger partial charge >= 0.3 is 0 Å². The third kappa shape index (κ3) is 4.42. The Labute approximate surface area is 111 Å². The Hall–Kier alpha value is 0.200. The zero-order valence-electron chi connectivity index (χ0n) is 10.9. The predicted molar refractivity (Wildman–Crippen MR) is 72.9 cm³/mol. The fourth-order valence-corrected chi connectivity index (χ4v) is 4.88. The topological polar surface area (TPSA) is 37.4 Å². The summed E-state index contributed by atoms with van der Waals surface area (Å²) in [6.45, 7) is 4.40. The molecule has 0 bridgehead atoms. The Bertz CT molecular complexity index is 312. The lowest BCUT2D eigenvalue weighted by Gasteiger charge is -2.33. The molecular formula is C12H24ClNO2S. The minimum absolute atomic E-state index is 0.0271. The van der Waals surface area contributed by atoms with Crippen molar-refractivity contribution in [1.82, 2.24) is 4.31 Å². The van der Waals surface area contributed by atoms with Crippen LogP contribution in [-0.2, 0) is 10.0 Å². The lowest BCUT2D eigenvalue weighted by atomic mass is 9.95. The summed E-state index contributed by atoms with van der Waals surface area (Å²) in [5.74, 6) is 0.613. The minimum Gasteiger partial charge on any atom is -0.212 e. The summed E-state index contributed by atoms with van der Waals surface area (Å²) in [5, 5.41) is 0. The summed E-state index contributed by atoms with van der Waals surface area (Å²) in [6.07, 6.45) is 5.58. The van der Waals surface area contributed by atoms with Crippen molar-refractivity contribution in [2.75, 3.05) is 18.2 Å². The summed E-state index contributed by atoms with van der Waals surface area (Å²) < 4.78 is 26.3. The van der Waals surface area contributed by atoms with Crippen molar-refractivity contribution in [1.29, 1.82) is 0 Å². The van der Waals surface area contributed by atoms with E-state index in [0.717, 1.165) is 25.7 Å². The van der Waals surface area contributed by atoms with Gasteiger partial charge in [0.15, 0.2) is 0 Å². The molecule has 1 rings (SSSR count). The number of nitrogens with zero attached hydrogens (tertiary/aromatic N) is 1. The van der Waals surface area contributed by atoms with E-state index in [-0.39, 0.29) is 17.7 Å². The van der Waals surface area contributed by atoms with Crippen LogP contribution in [-0.4, -0.2) is 36.9 Å². The second kappa shape index (κ2) is 6.95. The maximum Gasteiger partial charge on any atom is 0.214 e. The molecule has 1 aliphatic carbocycles. The van der Waals surface area contributed by atoms with Crippen LogP contribution in [0.15, 0.2) is 0 Å². The Morgan fingerprint density at radius 1 is 1.29 bits per heavy atom. The summed E-state index contributed by atoms with van der Waals surface area (Å²) in [6, 6.07) is 0.223. The lowest BCUT2D eigenvalue weighted by Crippen LogP contribution is -2.43. The molecule has 1 atom stereocenters. The van der Waals surface area contributed by atoms with E-state index in [1.165, 1.54) is 6.42 Å². The molecule has 5 heteroatoms. The average molecular weight is 282 g/mol. The van der Waals surface area contributed by atoms with E-state index in [1.807, 2.05) is 13.8 Å². The number of sulfonamides is 1. The molecule has 0 aromatic heterocycles. The Morgan fingerprint density at radius 2 is 1.88 bits per heavy atom. The van der Waals surface area contributed by atoms with Gasteiger partial charge in [-0.25, -0.2) is 8.42 Å². The third-order valence-electron chi connectivity index (χ3n) is 3.41. The SMILES string of the molecule is CCN(C1CCCCC1)S(=O)(=O)CC(C)CCl. The Morgan fingerprint density at radius 3 is 2.35 bits per heavy atom. The fraction of sp³-hybridized carbons (Fsp3) is 1.00. The molecule has 0 spiro atoms. The van der Waals surface area contributed by atoms with Gasteiger partial charge in [0.2, 0.25) is 10.0 Å². The first-order chi connectivity index (χ1) is 8.01. The van der Waals surface area contributed by atoms with Crippen LogP contribution in [0, 0.1) is 5.92 Å². The van der Waals surface area contributed by atoms with E-state index in [1.54, 1.807) is 4.31 Å². The van der Waals surface area contributed by atoms with E-state index in [9.17, 15) is 8.42 Å². The van der Waals surface area contributed by atoms with Gasteiger partial charge in [-0.05, 0) is 18.8 Å². The van der Waals surface area contributed by atoms with Crippen LogP contribution in [0.3, 0.4) is 0 Å². The average Bonchev–Trinajstić information content (AvgIpc) is 2.30. The van der Waals surface area contributed by atoms with Gasteiger partial charge in [0, 0.05) is 18.5 Å². The van der Waals surface area contributed by atoms with Gasteiger partial charge < -0.3 is 0 Å². The molecular weight excluding hydrogens is 258 g/mol. The van der Waals surface area contributed by atoms with Crippen LogP contribution >= 0.6 is 11.6 Å². The largest absolute Gasteiger partial charge is 0.214 e. The van der Waals surface area contributed by atoms with Gasteiger partial charge in [0.05, 0.1) is 5.75 Å². The maximum absolute atomic E-state index is 12.3. The molecule has 0 N–H and O–H groups in total. The van der Waals surface area contributed by atoms with Crippen LogP contribution in [0.2, 0.25) is 0 Å². The smallest absolute Gasteiger partial charge is 0.212 e. The van der Waals surface area contributed by atoms with Crippen molar-refractivity contribution in [2.45, 2.75) is 52.0 Å². The van der Waals surface area contributed by atoms with Crippen molar-refractivity contribution >= 4 is 21.6 Å². The van der Waals surface area contributed by atoms with Gasteiger partial charge in [-0.3, -0.25) is 0 Å². The van der Waals surface area contributed by atoms with Crippen LogP contribution in [0.4, 0.5) is 0 Å². The molecule has 0 amide bonds. The predicted octanol–water partition coefficient (Wildman–Crippen LogP) is 2.85. The highest BCUT2D eigenvalue weighted by Gasteiger charge is 2.30. The molecule has 17 heavy (non-hydrogen) atoms. The van der Waals surface area contributed by atoms with Crippen molar-refractivity contribution in [3.63, 3.8) is 0 Å². The fourth-order valence-electron chi connectivity index (χ4n) is 2.55. The van der Waals surface area contributed by atoms with Crippen molar-refractivity contribution < 1.29 is 8.42 Å². The summed E-state index contributed by atoms with van der Waals surface area (Å²) in [5.41, 5.74) is 0. The number of alkyl halides is 1. The lowest BCUT2D eigenvalue weighted by molar-refractivity contribution is 0.260. The van der Waals surface area contributed by atoms with Crippen LogP contribution < -0.4 is 0 Å². The van der Waals surface area contributed by atoms with Gasteiger partial charge in [-0.1, -0.05) is 33.1 Å². The number of hydrogen-bond donors (Lipinski definition) is 0. The molecule has 1 aliphatic rings. The second-order valence-electron chi connectivity index (χ2n) is 5.03. The minimum atomic E-state index is -3.13. The monoisotopic (exact) mass is 281 g/mol. The Balaban J connectivity index is 2.70. The molecule has 102 valence electrons. The normalized spacial score (nSPS) is 20.7. The first-order valence-corrected chi connectivity index (χ1v) is 8.71. The second-order valence-corrected chi connectivity index (χ2v) is 7.31. The number of hydrogen-bond acceptors (Lipinski definition) is 2. The van der Waals surface area contributed by atoms with E-state index >= 15 is 0 Å². The molecule has 1 saturated carbocycles. The number of halogens is 1. The van der Waals surface area contributed by atoms with Crippen LogP contribution in [0.1, 0.15) is 46.0 Å². The number of rotatable bonds is 6. The van der Waals surface area contributed by atoms with Crippen LogP contribution in [0.25, 0.3) is 0 Å². The molecule has 0 radical (unpaired) electrons. The molecule has 0 heterocycles. The van der Waals surface area contributed by atoms with Gasteiger partial charge in [0.25, 0.3) is 0 Å². The quantitative estimate of drug-likeness (QED) is 0.702. The van der Waals surface area contributed by atoms with Crippen LogP contribution in [0.5, 0.6) is 0 Å². The molecule has 1 unspecified atom stereocenters. The zero-order valence-corrected chi connectivity index (χ0v) is 12.4. The molecule has 0 aliphatic heterocycles. The molecule has 0 saturated heterocycles. The van der Waals surface area contributed by atoms with Crippen molar-refractivity contribution in [2.24, 2.45) is 5.92 Å². The summed E-state index contributed by atoms with van der Waals surface area (Å²) in [7, 11) is -3.13. The molecule has 0 aromatic rings. The standard InChI is InChI=1S/C12H24ClNO2S/c1-3-14(12-7-5-4-6-8-12)17(15,16)10-11(2)9-13/h11-12H,3-10H2,1-2H3. The highest BCUT2D eigenvalue weighted by atomic mass is 35.5.